The number of carbonyl (C=O) groups excluding carboxylic acids is 4. The van der Waals surface area contributed by atoms with Gasteiger partial charge < -0.3 is 37.9 Å². The number of hydrogen-bond acceptors (Lipinski definition) is 12. The molecule has 2 aliphatic rings. The van der Waals surface area contributed by atoms with E-state index in [2.05, 4.69) is 0 Å². The molecule has 0 aromatic carbocycles. The molecule has 0 saturated carbocycles. The van der Waals surface area contributed by atoms with Crippen LogP contribution < -0.4 is 0 Å². The van der Waals surface area contributed by atoms with E-state index in [1.807, 2.05) is 0 Å². The summed E-state index contributed by atoms with van der Waals surface area (Å²) in [6.07, 6.45) is 1.93. The third-order valence-electron chi connectivity index (χ3n) is 4.42. The molecule has 0 bridgehead atoms. The van der Waals surface area contributed by atoms with E-state index in [4.69, 9.17) is 37.9 Å². The first kappa shape index (κ1) is 27.4. The number of rotatable bonds is 11. The Morgan fingerprint density at radius 2 is 1.00 bits per heavy atom. The first-order chi connectivity index (χ1) is 16.1. The van der Waals surface area contributed by atoms with Crippen LogP contribution in [0.3, 0.4) is 0 Å². The van der Waals surface area contributed by atoms with Crippen LogP contribution in [0.2, 0.25) is 0 Å². The average molecular weight is 486 g/mol. The van der Waals surface area contributed by atoms with Crippen molar-refractivity contribution >= 4 is 23.9 Å². The Kier molecular flexibility index (Phi) is 11.1. The van der Waals surface area contributed by atoms with Crippen molar-refractivity contribution in [1.29, 1.82) is 0 Å². The number of hydrogen-bond donors (Lipinski definition) is 0. The molecule has 2 rings (SSSR count). The zero-order valence-corrected chi connectivity index (χ0v) is 19.5. The van der Waals surface area contributed by atoms with Gasteiger partial charge in [-0.1, -0.05) is 0 Å². The van der Waals surface area contributed by atoms with Gasteiger partial charge in [0.2, 0.25) is 0 Å². The van der Waals surface area contributed by atoms with E-state index in [0.717, 1.165) is 0 Å². The van der Waals surface area contributed by atoms with Gasteiger partial charge in [-0.15, -0.1) is 0 Å². The van der Waals surface area contributed by atoms with Gasteiger partial charge in [0.15, 0.2) is 12.6 Å². The van der Waals surface area contributed by atoms with Crippen molar-refractivity contribution in [2.45, 2.75) is 64.7 Å². The predicted octanol–water partition coefficient (Wildman–Crippen LogP) is 0.571. The SMILES string of the molecule is CC(=O)OC[C@H]1O[C@H](OCCO[C@@H]2C=C[C@H](OC(C)=O)[C@@H](COC(C)=O)O2)C=C[C@@H]1OC(C)=O. The molecule has 6 atom stereocenters. The molecule has 2 aliphatic heterocycles. The maximum Gasteiger partial charge on any atom is 0.303 e. The Labute approximate surface area is 197 Å². The molecular formula is C22H30O12. The molecule has 12 heteroatoms. The van der Waals surface area contributed by atoms with Gasteiger partial charge in [-0.3, -0.25) is 19.2 Å². The van der Waals surface area contributed by atoms with Gasteiger partial charge in [-0.05, 0) is 24.3 Å². The number of carbonyl (C=O) groups is 4. The maximum absolute atomic E-state index is 11.3. The molecule has 0 spiro atoms. The molecule has 0 aromatic heterocycles. The monoisotopic (exact) mass is 486 g/mol. The summed E-state index contributed by atoms with van der Waals surface area (Å²) in [5.74, 6) is -1.98. The summed E-state index contributed by atoms with van der Waals surface area (Å²) in [5.41, 5.74) is 0. The van der Waals surface area contributed by atoms with Crippen LogP contribution in [-0.2, 0) is 57.1 Å². The number of esters is 4. The van der Waals surface area contributed by atoms with Crippen LogP contribution in [0.5, 0.6) is 0 Å². The second kappa shape index (κ2) is 13.8. The summed E-state index contributed by atoms with van der Waals surface area (Å²) in [6.45, 7) is 5.07. The average Bonchev–Trinajstić information content (AvgIpc) is 2.75. The summed E-state index contributed by atoms with van der Waals surface area (Å²) in [6, 6.07) is 0. The Bertz CT molecular complexity index is 712. The van der Waals surface area contributed by atoms with Crippen molar-refractivity contribution in [3.63, 3.8) is 0 Å². The summed E-state index contributed by atoms with van der Waals surface area (Å²) in [7, 11) is 0. The van der Waals surface area contributed by atoms with Crippen LogP contribution >= 0.6 is 0 Å². The summed E-state index contributed by atoms with van der Waals surface area (Å²) in [4.78, 5) is 44.8. The topological polar surface area (TPSA) is 142 Å². The van der Waals surface area contributed by atoms with Gasteiger partial charge >= 0.3 is 23.9 Å². The first-order valence-corrected chi connectivity index (χ1v) is 10.7. The van der Waals surface area contributed by atoms with Crippen molar-refractivity contribution in [2.75, 3.05) is 26.4 Å². The zero-order valence-electron chi connectivity index (χ0n) is 19.5. The standard InChI is InChI=1S/C22H30O12/c1-13(23)29-11-19-17(31-15(3)25)5-7-21(33-19)27-9-10-28-22-8-6-18(32-16(4)26)20(34-22)12-30-14(2)24/h5-8,17-22H,9-12H2,1-4H3/t17-,18-,19+,20+,21-,22-/m0/s1. The highest BCUT2D eigenvalue weighted by Crippen LogP contribution is 2.20. The lowest BCUT2D eigenvalue weighted by Crippen LogP contribution is -2.43. The second-order valence-corrected chi connectivity index (χ2v) is 7.35. The smallest absolute Gasteiger partial charge is 0.303 e. The maximum atomic E-state index is 11.3. The van der Waals surface area contributed by atoms with Crippen LogP contribution in [-0.4, -0.2) is 87.3 Å². The molecule has 0 radical (unpaired) electrons. The van der Waals surface area contributed by atoms with Crippen molar-refractivity contribution in [3.8, 4) is 0 Å². The lowest BCUT2D eigenvalue weighted by molar-refractivity contribution is -0.216. The molecule has 0 aromatic rings. The molecule has 190 valence electrons. The van der Waals surface area contributed by atoms with Gasteiger partial charge in [0.25, 0.3) is 0 Å². The minimum atomic E-state index is -0.774. The minimum absolute atomic E-state index is 0.109. The molecule has 0 aliphatic carbocycles. The van der Waals surface area contributed by atoms with Gasteiger partial charge in [-0.25, -0.2) is 0 Å². The molecule has 0 unspecified atom stereocenters. The summed E-state index contributed by atoms with van der Waals surface area (Å²) >= 11 is 0. The lowest BCUT2D eigenvalue weighted by atomic mass is 10.1. The van der Waals surface area contributed by atoms with E-state index in [1.165, 1.54) is 27.7 Å². The normalized spacial score (nSPS) is 28.1. The fourth-order valence-electron chi connectivity index (χ4n) is 3.04. The minimum Gasteiger partial charge on any atom is -0.463 e. The van der Waals surface area contributed by atoms with E-state index < -0.39 is 60.9 Å². The van der Waals surface area contributed by atoms with Gasteiger partial charge in [0.1, 0.15) is 37.6 Å². The van der Waals surface area contributed by atoms with E-state index in [9.17, 15) is 19.2 Å². The highest BCUT2D eigenvalue weighted by molar-refractivity contribution is 5.67. The van der Waals surface area contributed by atoms with Crippen LogP contribution in [0, 0.1) is 0 Å². The highest BCUT2D eigenvalue weighted by atomic mass is 16.7. The van der Waals surface area contributed by atoms with E-state index in [-0.39, 0.29) is 26.4 Å². The molecule has 34 heavy (non-hydrogen) atoms. The lowest BCUT2D eigenvalue weighted by Gasteiger charge is -2.32. The molecule has 0 fully saturated rings. The van der Waals surface area contributed by atoms with Crippen LogP contribution in [0.1, 0.15) is 27.7 Å². The summed E-state index contributed by atoms with van der Waals surface area (Å²) in [5, 5.41) is 0. The third kappa shape index (κ3) is 10.00. The molecule has 0 saturated heterocycles. The Morgan fingerprint density at radius 3 is 1.32 bits per heavy atom. The molecule has 0 amide bonds. The number of ether oxygens (including phenoxy) is 8. The largest absolute Gasteiger partial charge is 0.463 e. The molecule has 12 nitrogen and oxygen atoms in total. The first-order valence-electron chi connectivity index (χ1n) is 10.7. The van der Waals surface area contributed by atoms with E-state index >= 15 is 0 Å². The summed E-state index contributed by atoms with van der Waals surface area (Å²) < 4.78 is 42.9. The van der Waals surface area contributed by atoms with Gasteiger partial charge in [-0.2, -0.15) is 0 Å². The predicted molar refractivity (Wildman–Crippen MR) is 112 cm³/mol. The van der Waals surface area contributed by atoms with Gasteiger partial charge in [0.05, 0.1) is 13.2 Å². The Morgan fingerprint density at radius 1 is 0.618 bits per heavy atom. The van der Waals surface area contributed by atoms with Crippen molar-refractivity contribution in [1.82, 2.24) is 0 Å². The van der Waals surface area contributed by atoms with E-state index in [1.54, 1.807) is 24.3 Å². The zero-order chi connectivity index (χ0) is 25.1. The van der Waals surface area contributed by atoms with Crippen molar-refractivity contribution in [2.24, 2.45) is 0 Å². The molecule has 2 heterocycles. The molecule has 0 N–H and O–H groups in total. The van der Waals surface area contributed by atoms with E-state index in [0.29, 0.717) is 0 Å². The van der Waals surface area contributed by atoms with Crippen LogP contribution in [0.4, 0.5) is 0 Å². The van der Waals surface area contributed by atoms with Crippen molar-refractivity contribution < 1.29 is 57.1 Å². The van der Waals surface area contributed by atoms with Crippen LogP contribution in [0.15, 0.2) is 24.3 Å². The Hall–Kier alpha value is -2.80. The quantitative estimate of drug-likeness (QED) is 0.174. The molecular weight excluding hydrogens is 456 g/mol. The van der Waals surface area contributed by atoms with Crippen molar-refractivity contribution in [3.05, 3.63) is 24.3 Å². The Balaban J connectivity index is 1.82. The fourth-order valence-corrected chi connectivity index (χ4v) is 3.04. The van der Waals surface area contributed by atoms with Gasteiger partial charge in [0, 0.05) is 27.7 Å². The third-order valence-corrected chi connectivity index (χ3v) is 4.42. The highest BCUT2D eigenvalue weighted by Gasteiger charge is 2.32. The second-order valence-electron chi connectivity index (χ2n) is 7.35. The fraction of sp³-hybridized carbons (Fsp3) is 0.636. The van der Waals surface area contributed by atoms with Crippen LogP contribution in [0.25, 0.3) is 0 Å².